The van der Waals surface area contributed by atoms with Crippen molar-refractivity contribution in [1.82, 2.24) is 10.2 Å². The average molecular weight is 348 g/mol. The highest BCUT2D eigenvalue weighted by Gasteiger charge is 2.27. The molecule has 0 spiro atoms. The molecule has 1 aliphatic carbocycles. The van der Waals surface area contributed by atoms with E-state index in [0.717, 1.165) is 44.3 Å². The largest absolute Gasteiger partial charge is 0.387 e. The summed E-state index contributed by atoms with van der Waals surface area (Å²) in [5.41, 5.74) is 0.735. The van der Waals surface area contributed by atoms with E-state index in [-0.39, 0.29) is 17.6 Å². The summed E-state index contributed by atoms with van der Waals surface area (Å²) < 4.78 is 13.0. The van der Waals surface area contributed by atoms with E-state index in [0.29, 0.717) is 12.6 Å². The first-order chi connectivity index (χ1) is 12.1. The smallest absolute Gasteiger partial charge is 0.223 e. The fourth-order valence-corrected chi connectivity index (χ4v) is 3.98. The number of amides is 1. The molecule has 1 amide bonds. The highest BCUT2D eigenvalue weighted by molar-refractivity contribution is 5.79. The Hall–Kier alpha value is -1.46. The molecule has 1 atom stereocenters. The molecule has 1 aromatic rings. The quantitative estimate of drug-likeness (QED) is 0.860. The van der Waals surface area contributed by atoms with E-state index in [2.05, 4.69) is 10.2 Å². The highest BCUT2D eigenvalue weighted by atomic mass is 19.1. The summed E-state index contributed by atoms with van der Waals surface area (Å²) in [6.07, 6.45) is 7.05. The van der Waals surface area contributed by atoms with Crippen LogP contribution in [-0.2, 0) is 4.79 Å². The van der Waals surface area contributed by atoms with Gasteiger partial charge in [-0.25, -0.2) is 4.39 Å². The number of piperidine rings is 1. The molecule has 0 bridgehead atoms. The van der Waals surface area contributed by atoms with Gasteiger partial charge in [-0.2, -0.15) is 0 Å². The van der Waals surface area contributed by atoms with Crippen molar-refractivity contribution in [2.75, 3.05) is 19.6 Å². The molecule has 1 unspecified atom stereocenters. The fourth-order valence-electron chi connectivity index (χ4n) is 3.98. The Balaban J connectivity index is 1.41. The summed E-state index contributed by atoms with van der Waals surface area (Å²) in [6, 6.07) is 6.38. The maximum atomic E-state index is 13.0. The van der Waals surface area contributed by atoms with Crippen LogP contribution in [0.1, 0.15) is 56.6 Å². The summed E-state index contributed by atoms with van der Waals surface area (Å²) in [5, 5.41) is 13.5. The van der Waals surface area contributed by atoms with Crippen LogP contribution in [0.5, 0.6) is 0 Å². The lowest BCUT2D eigenvalue weighted by Gasteiger charge is -2.33. The second-order valence-corrected chi connectivity index (χ2v) is 7.49. The Morgan fingerprint density at radius 2 is 1.76 bits per heavy atom. The fraction of sp³-hybridized carbons (Fsp3) is 0.650. The normalized spacial score (nSPS) is 21.8. The van der Waals surface area contributed by atoms with Crippen LogP contribution in [0.4, 0.5) is 4.39 Å². The topological polar surface area (TPSA) is 52.6 Å². The number of β-amino-alcohol motifs (C(OH)–C–C–N with tert-alkyl or cyclic N) is 1. The molecule has 1 aliphatic heterocycles. The maximum absolute atomic E-state index is 13.0. The van der Waals surface area contributed by atoms with Crippen molar-refractivity contribution in [1.29, 1.82) is 0 Å². The second-order valence-electron chi connectivity index (χ2n) is 7.49. The minimum absolute atomic E-state index is 0.0983. The van der Waals surface area contributed by atoms with Crippen molar-refractivity contribution < 1.29 is 14.3 Å². The van der Waals surface area contributed by atoms with Gasteiger partial charge in [0.1, 0.15) is 5.82 Å². The molecule has 5 heteroatoms. The molecular weight excluding hydrogens is 319 g/mol. The lowest BCUT2D eigenvalue weighted by molar-refractivity contribution is -0.127. The number of aliphatic hydroxyl groups is 1. The highest BCUT2D eigenvalue weighted by Crippen LogP contribution is 2.23. The number of aliphatic hydroxyl groups excluding tert-OH is 1. The van der Waals surface area contributed by atoms with Crippen LogP contribution in [0.3, 0.4) is 0 Å². The van der Waals surface area contributed by atoms with Gasteiger partial charge in [0.05, 0.1) is 6.10 Å². The third kappa shape index (κ3) is 5.25. The Morgan fingerprint density at radius 1 is 1.12 bits per heavy atom. The van der Waals surface area contributed by atoms with Crippen LogP contribution in [0.2, 0.25) is 0 Å². The number of rotatable bonds is 5. The zero-order chi connectivity index (χ0) is 17.6. The first-order valence-corrected chi connectivity index (χ1v) is 9.58. The van der Waals surface area contributed by atoms with Gasteiger partial charge in [-0.1, -0.05) is 31.4 Å². The number of likely N-dealkylation sites (tertiary alicyclic amines) is 1. The third-order valence-corrected chi connectivity index (χ3v) is 5.60. The number of nitrogens with zero attached hydrogens (tertiary/aromatic N) is 1. The predicted molar refractivity (Wildman–Crippen MR) is 95.5 cm³/mol. The summed E-state index contributed by atoms with van der Waals surface area (Å²) in [4.78, 5) is 14.6. The summed E-state index contributed by atoms with van der Waals surface area (Å²) in [7, 11) is 0. The van der Waals surface area contributed by atoms with Crippen molar-refractivity contribution in [2.45, 2.75) is 57.1 Å². The second kappa shape index (κ2) is 8.77. The van der Waals surface area contributed by atoms with Gasteiger partial charge >= 0.3 is 0 Å². The van der Waals surface area contributed by atoms with E-state index >= 15 is 0 Å². The van der Waals surface area contributed by atoms with Gasteiger partial charge in [-0.05, 0) is 56.5 Å². The van der Waals surface area contributed by atoms with Gasteiger partial charge in [0, 0.05) is 18.5 Å². The molecule has 3 rings (SSSR count). The molecule has 1 saturated heterocycles. The third-order valence-electron chi connectivity index (χ3n) is 5.60. The monoisotopic (exact) mass is 348 g/mol. The molecule has 2 aliphatic rings. The van der Waals surface area contributed by atoms with Gasteiger partial charge in [-0.15, -0.1) is 0 Å². The molecule has 138 valence electrons. The molecular formula is C20H29FN2O2. The van der Waals surface area contributed by atoms with E-state index in [4.69, 9.17) is 0 Å². The lowest BCUT2D eigenvalue weighted by Crippen LogP contribution is -2.45. The van der Waals surface area contributed by atoms with Crippen LogP contribution in [0, 0.1) is 11.7 Å². The summed E-state index contributed by atoms with van der Waals surface area (Å²) >= 11 is 0. The number of benzene rings is 1. The van der Waals surface area contributed by atoms with Gasteiger partial charge in [-0.3, -0.25) is 4.79 Å². The molecule has 0 radical (unpaired) electrons. The van der Waals surface area contributed by atoms with E-state index in [1.807, 2.05) is 0 Å². The van der Waals surface area contributed by atoms with E-state index < -0.39 is 6.10 Å². The summed E-state index contributed by atoms with van der Waals surface area (Å²) in [6.45, 7) is 2.17. The predicted octanol–water partition coefficient (Wildman–Crippen LogP) is 3.02. The van der Waals surface area contributed by atoms with Crippen LogP contribution < -0.4 is 5.32 Å². The molecule has 0 aromatic heterocycles. The minimum Gasteiger partial charge on any atom is -0.387 e. The molecule has 25 heavy (non-hydrogen) atoms. The first-order valence-electron chi connectivity index (χ1n) is 9.58. The zero-order valence-corrected chi connectivity index (χ0v) is 14.8. The van der Waals surface area contributed by atoms with Gasteiger partial charge in [0.25, 0.3) is 0 Å². The van der Waals surface area contributed by atoms with Gasteiger partial charge < -0.3 is 15.3 Å². The maximum Gasteiger partial charge on any atom is 0.223 e. The number of hydrogen-bond acceptors (Lipinski definition) is 3. The SMILES string of the molecule is O=C(NC1CCCCC1)C1CCN(CC(O)c2ccc(F)cc2)CC1. The molecule has 1 saturated carbocycles. The van der Waals surface area contributed by atoms with Crippen molar-refractivity contribution in [3.05, 3.63) is 35.6 Å². The van der Waals surface area contributed by atoms with E-state index in [1.54, 1.807) is 12.1 Å². The molecule has 4 nitrogen and oxygen atoms in total. The number of carbonyl (C=O) groups is 1. The molecule has 1 heterocycles. The average Bonchev–Trinajstić information content (AvgIpc) is 2.63. The van der Waals surface area contributed by atoms with E-state index in [9.17, 15) is 14.3 Å². The first kappa shape index (κ1) is 18.3. The van der Waals surface area contributed by atoms with Crippen molar-refractivity contribution in [3.8, 4) is 0 Å². The Kier molecular flexibility index (Phi) is 6.43. The van der Waals surface area contributed by atoms with Crippen LogP contribution >= 0.6 is 0 Å². The Bertz CT molecular complexity index is 549. The van der Waals surface area contributed by atoms with Crippen molar-refractivity contribution in [2.24, 2.45) is 5.92 Å². The number of nitrogens with one attached hydrogen (secondary N) is 1. The minimum atomic E-state index is -0.617. The van der Waals surface area contributed by atoms with Gasteiger partial charge in [0.15, 0.2) is 0 Å². The zero-order valence-electron chi connectivity index (χ0n) is 14.8. The van der Waals surface area contributed by atoms with Crippen LogP contribution in [-0.4, -0.2) is 41.6 Å². The number of hydrogen-bond donors (Lipinski definition) is 2. The lowest BCUT2D eigenvalue weighted by atomic mass is 9.92. The van der Waals surface area contributed by atoms with Crippen molar-refractivity contribution in [3.63, 3.8) is 0 Å². The molecule has 2 fully saturated rings. The Morgan fingerprint density at radius 3 is 2.40 bits per heavy atom. The summed E-state index contributed by atoms with van der Waals surface area (Å²) in [5.74, 6) is 0.0208. The van der Waals surface area contributed by atoms with Crippen LogP contribution in [0.15, 0.2) is 24.3 Å². The number of carbonyl (C=O) groups excluding carboxylic acids is 1. The van der Waals surface area contributed by atoms with Crippen LogP contribution in [0.25, 0.3) is 0 Å². The van der Waals surface area contributed by atoms with E-state index in [1.165, 1.54) is 31.4 Å². The van der Waals surface area contributed by atoms with Gasteiger partial charge in [0.2, 0.25) is 5.91 Å². The Labute approximate surface area is 149 Å². The number of halogens is 1. The standard InChI is InChI=1S/C20H29FN2O2/c21-17-8-6-15(7-9-17)19(24)14-23-12-10-16(11-13-23)20(25)22-18-4-2-1-3-5-18/h6-9,16,18-19,24H,1-5,10-14H2,(H,22,25). The molecule has 1 aromatic carbocycles. The molecule has 2 N–H and O–H groups in total. The van der Waals surface area contributed by atoms with Crippen molar-refractivity contribution >= 4 is 5.91 Å².